The maximum absolute atomic E-state index is 13.0. The topological polar surface area (TPSA) is 102 Å². The Morgan fingerprint density at radius 3 is 2.50 bits per heavy atom. The van der Waals surface area contributed by atoms with Crippen molar-refractivity contribution in [1.29, 1.82) is 0 Å². The fourth-order valence-electron chi connectivity index (χ4n) is 3.58. The Morgan fingerprint density at radius 2 is 1.73 bits per heavy atom. The fourth-order valence-corrected chi connectivity index (χ4v) is 3.58. The highest BCUT2D eigenvalue weighted by atomic mass is 16.5. The number of nitrogens with one attached hydrogen (secondary N) is 1. The average Bonchev–Trinajstić information content (AvgIpc) is 3.00. The Hall–Kier alpha value is -3.52. The number of hydrogen-bond donors (Lipinski definition) is 1. The molecular formula is C22H20N2O6. The predicted molar refractivity (Wildman–Crippen MR) is 105 cm³/mol. The molecule has 4 rings (SSSR count). The summed E-state index contributed by atoms with van der Waals surface area (Å²) in [6.45, 7) is 0.943. The van der Waals surface area contributed by atoms with Crippen LogP contribution in [0.5, 0.6) is 5.75 Å². The van der Waals surface area contributed by atoms with Gasteiger partial charge in [-0.1, -0.05) is 36.4 Å². The molecule has 2 aliphatic heterocycles. The van der Waals surface area contributed by atoms with Crippen LogP contribution in [0.15, 0.2) is 48.5 Å². The number of amides is 4. The van der Waals surface area contributed by atoms with E-state index in [-0.39, 0.29) is 36.3 Å². The van der Waals surface area contributed by atoms with E-state index in [0.717, 1.165) is 10.5 Å². The highest BCUT2D eigenvalue weighted by Gasteiger charge is 2.45. The number of ether oxygens (including phenoxy) is 2. The molecule has 2 aromatic rings. The molecule has 0 bridgehead atoms. The van der Waals surface area contributed by atoms with Gasteiger partial charge in [0.2, 0.25) is 11.8 Å². The molecule has 0 unspecified atom stereocenters. The normalized spacial score (nSPS) is 18.4. The zero-order valence-corrected chi connectivity index (χ0v) is 16.1. The first kappa shape index (κ1) is 19.8. The van der Waals surface area contributed by atoms with Gasteiger partial charge >= 0.3 is 0 Å². The minimum Gasteiger partial charge on any atom is -0.490 e. The maximum atomic E-state index is 13.0. The molecule has 2 heterocycles. The third-order valence-corrected chi connectivity index (χ3v) is 5.03. The van der Waals surface area contributed by atoms with Gasteiger partial charge in [-0.3, -0.25) is 29.4 Å². The smallest absolute Gasteiger partial charge is 0.266 e. The zero-order valence-electron chi connectivity index (χ0n) is 16.1. The molecule has 1 N–H and O–H groups in total. The van der Waals surface area contributed by atoms with Crippen molar-refractivity contribution in [3.8, 4) is 5.75 Å². The number of benzene rings is 2. The second-order valence-electron chi connectivity index (χ2n) is 7.01. The first-order valence-electron chi connectivity index (χ1n) is 9.65. The first-order valence-corrected chi connectivity index (χ1v) is 9.65. The summed E-state index contributed by atoms with van der Waals surface area (Å²) in [5, 5.41) is 2.18. The molecule has 2 aromatic carbocycles. The van der Waals surface area contributed by atoms with Crippen molar-refractivity contribution in [1.82, 2.24) is 10.2 Å². The van der Waals surface area contributed by atoms with Gasteiger partial charge in [0.25, 0.3) is 11.8 Å². The molecule has 4 amide bonds. The number of piperidine rings is 1. The van der Waals surface area contributed by atoms with Gasteiger partial charge in [-0.05, 0) is 24.1 Å². The molecule has 1 fully saturated rings. The SMILES string of the molecule is O=C1CC[C@H](N2C(=O)c3cccc(OCCOCc4ccccc4)c3C2=O)C(=O)N1. The van der Waals surface area contributed by atoms with Crippen LogP contribution < -0.4 is 10.1 Å². The summed E-state index contributed by atoms with van der Waals surface area (Å²) in [5.41, 5.74) is 1.36. The van der Waals surface area contributed by atoms with Crippen LogP contribution in [0.4, 0.5) is 0 Å². The van der Waals surface area contributed by atoms with Gasteiger partial charge in [-0.15, -0.1) is 0 Å². The number of carbonyl (C=O) groups is 4. The van der Waals surface area contributed by atoms with E-state index in [0.29, 0.717) is 13.2 Å². The van der Waals surface area contributed by atoms with E-state index in [2.05, 4.69) is 5.32 Å². The van der Waals surface area contributed by atoms with E-state index in [9.17, 15) is 19.2 Å². The van der Waals surface area contributed by atoms with Crippen molar-refractivity contribution in [2.75, 3.05) is 13.2 Å². The Labute approximate surface area is 172 Å². The molecule has 8 nitrogen and oxygen atoms in total. The molecule has 1 atom stereocenters. The Kier molecular flexibility index (Phi) is 5.58. The molecule has 30 heavy (non-hydrogen) atoms. The van der Waals surface area contributed by atoms with Gasteiger partial charge in [-0.2, -0.15) is 0 Å². The number of fused-ring (bicyclic) bond motifs is 1. The van der Waals surface area contributed by atoms with E-state index in [1.54, 1.807) is 12.1 Å². The molecule has 2 aliphatic rings. The van der Waals surface area contributed by atoms with Crippen LogP contribution in [-0.4, -0.2) is 47.8 Å². The molecular weight excluding hydrogens is 388 g/mol. The standard InChI is InChI=1S/C22H20N2O6/c25-18-10-9-16(20(26)23-18)24-21(27)15-7-4-8-17(19(15)22(24)28)30-12-11-29-13-14-5-2-1-3-6-14/h1-8,16H,9-13H2,(H,23,25,26)/t16-/m0/s1. The van der Waals surface area contributed by atoms with Gasteiger partial charge in [0.15, 0.2) is 0 Å². The summed E-state index contributed by atoms with van der Waals surface area (Å²) in [6, 6.07) is 13.5. The van der Waals surface area contributed by atoms with Crippen LogP contribution >= 0.6 is 0 Å². The number of rotatable bonds is 7. The van der Waals surface area contributed by atoms with E-state index in [1.807, 2.05) is 30.3 Å². The monoisotopic (exact) mass is 408 g/mol. The van der Waals surface area contributed by atoms with Gasteiger partial charge in [0, 0.05) is 6.42 Å². The molecule has 0 aromatic heterocycles. The maximum Gasteiger partial charge on any atom is 0.266 e. The molecule has 0 saturated carbocycles. The quantitative estimate of drug-likeness (QED) is 0.553. The van der Waals surface area contributed by atoms with E-state index in [4.69, 9.17) is 9.47 Å². The van der Waals surface area contributed by atoms with Crippen molar-refractivity contribution in [2.45, 2.75) is 25.5 Å². The Balaban J connectivity index is 1.41. The minimum absolute atomic E-state index is 0.0753. The van der Waals surface area contributed by atoms with Crippen LogP contribution in [-0.2, 0) is 20.9 Å². The van der Waals surface area contributed by atoms with Crippen LogP contribution in [0.25, 0.3) is 0 Å². The molecule has 0 aliphatic carbocycles. The van der Waals surface area contributed by atoms with Crippen LogP contribution in [0.2, 0.25) is 0 Å². The molecule has 154 valence electrons. The molecule has 0 spiro atoms. The van der Waals surface area contributed by atoms with Crippen molar-refractivity contribution < 1.29 is 28.7 Å². The molecule has 0 radical (unpaired) electrons. The van der Waals surface area contributed by atoms with Crippen LogP contribution in [0.3, 0.4) is 0 Å². The highest BCUT2D eigenvalue weighted by molar-refractivity contribution is 6.24. The van der Waals surface area contributed by atoms with Crippen molar-refractivity contribution in [3.05, 3.63) is 65.2 Å². The van der Waals surface area contributed by atoms with E-state index < -0.39 is 29.7 Å². The summed E-state index contributed by atoms with van der Waals surface area (Å²) in [4.78, 5) is 50.2. The molecule has 1 saturated heterocycles. The Bertz CT molecular complexity index is 1000. The van der Waals surface area contributed by atoms with Gasteiger partial charge in [0.1, 0.15) is 18.4 Å². The van der Waals surface area contributed by atoms with Crippen molar-refractivity contribution >= 4 is 23.6 Å². The summed E-state index contributed by atoms with van der Waals surface area (Å²) >= 11 is 0. The highest BCUT2D eigenvalue weighted by Crippen LogP contribution is 2.33. The second kappa shape index (κ2) is 8.46. The predicted octanol–water partition coefficient (Wildman–Crippen LogP) is 1.68. The number of imide groups is 2. The lowest BCUT2D eigenvalue weighted by Crippen LogP contribution is -2.54. The largest absolute Gasteiger partial charge is 0.490 e. The number of carbonyl (C=O) groups excluding carboxylic acids is 4. The lowest BCUT2D eigenvalue weighted by atomic mass is 10.0. The number of hydrogen-bond acceptors (Lipinski definition) is 6. The van der Waals surface area contributed by atoms with E-state index >= 15 is 0 Å². The minimum atomic E-state index is -1.00. The summed E-state index contributed by atoms with van der Waals surface area (Å²) < 4.78 is 11.3. The van der Waals surface area contributed by atoms with Gasteiger partial charge in [0.05, 0.1) is 24.3 Å². The molecule has 8 heteroatoms. The lowest BCUT2D eigenvalue weighted by molar-refractivity contribution is -0.136. The first-order chi connectivity index (χ1) is 14.6. The van der Waals surface area contributed by atoms with Crippen molar-refractivity contribution in [2.24, 2.45) is 0 Å². The van der Waals surface area contributed by atoms with Crippen molar-refractivity contribution in [3.63, 3.8) is 0 Å². The fraction of sp³-hybridized carbons (Fsp3) is 0.273. The van der Waals surface area contributed by atoms with E-state index in [1.165, 1.54) is 6.07 Å². The summed E-state index contributed by atoms with van der Waals surface area (Å²) in [5.74, 6) is -1.94. The number of nitrogens with zero attached hydrogens (tertiary/aromatic N) is 1. The van der Waals surface area contributed by atoms with Gasteiger partial charge < -0.3 is 9.47 Å². The van der Waals surface area contributed by atoms with Gasteiger partial charge in [-0.25, -0.2) is 0 Å². The lowest BCUT2D eigenvalue weighted by Gasteiger charge is -2.27. The van der Waals surface area contributed by atoms with Crippen LogP contribution in [0, 0.1) is 0 Å². The van der Waals surface area contributed by atoms with Crippen LogP contribution in [0.1, 0.15) is 39.1 Å². The summed E-state index contributed by atoms with van der Waals surface area (Å²) in [6.07, 6.45) is 0.186. The third kappa shape index (κ3) is 3.81. The average molecular weight is 408 g/mol. The summed E-state index contributed by atoms with van der Waals surface area (Å²) in [7, 11) is 0. The zero-order chi connectivity index (χ0) is 21.1. The third-order valence-electron chi connectivity index (χ3n) is 5.03. The Morgan fingerprint density at radius 1 is 0.933 bits per heavy atom. The second-order valence-corrected chi connectivity index (χ2v) is 7.01.